The lowest BCUT2D eigenvalue weighted by atomic mass is 9.78. The number of carbonyl (C=O) groups is 1. The summed E-state index contributed by atoms with van der Waals surface area (Å²) in [5, 5.41) is 3.12. The van der Waals surface area contributed by atoms with E-state index in [4.69, 9.17) is 0 Å². The largest absolute Gasteiger partial charge is 0.349 e. The third kappa shape index (κ3) is 3.54. The average molecular weight is 295 g/mol. The highest BCUT2D eigenvalue weighted by atomic mass is 32.1. The van der Waals surface area contributed by atoms with E-state index in [1.54, 1.807) is 0 Å². The van der Waals surface area contributed by atoms with Crippen LogP contribution in [0.5, 0.6) is 0 Å². The lowest BCUT2D eigenvalue weighted by Gasteiger charge is -2.34. The lowest BCUT2D eigenvalue weighted by molar-refractivity contribution is 0.0889. The molecule has 0 bridgehead atoms. The van der Waals surface area contributed by atoms with Crippen LogP contribution in [0.25, 0.3) is 0 Å². The summed E-state index contributed by atoms with van der Waals surface area (Å²) >= 11 is 4.02. The highest BCUT2D eigenvalue weighted by Gasteiger charge is 2.28. The topological polar surface area (TPSA) is 29.1 Å². The molecule has 0 aromatic heterocycles. The Hall–Kier alpha value is -1.03. The van der Waals surface area contributed by atoms with Crippen LogP contribution in [-0.4, -0.2) is 11.9 Å². The van der Waals surface area contributed by atoms with Gasteiger partial charge in [-0.25, -0.2) is 4.39 Å². The predicted octanol–water partition coefficient (Wildman–Crippen LogP) is 4.06. The van der Waals surface area contributed by atoms with Crippen molar-refractivity contribution in [1.29, 1.82) is 0 Å². The summed E-state index contributed by atoms with van der Waals surface area (Å²) in [5.74, 6) is 0.568. The minimum Gasteiger partial charge on any atom is -0.349 e. The minimum atomic E-state index is -0.400. The highest BCUT2D eigenvalue weighted by molar-refractivity contribution is 7.80. The van der Waals surface area contributed by atoms with Crippen molar-refractivity contribution in [2.45, 2.75) is 50.5 Å². The van der Waals surface area contributed by atoms with Crippen LogP contribution in [0, 0.1) is 17.7 Å². The molecule has 0 spiro atoms. The van der Waals surface area contributed by atoms with Crippen molar-refractivity contribution in [2.75, 3.05) is 0 Å². The SMILES string of the molecule is CC(C)C1CCCCC1NC(=O)c1ccc(F)c(S)c1. The molecule has 2 rings (SSSR count). The molecule has 1 fully saturated rings. The van der Waals surface area contributed by atoms with E-state index in [0.717, 1.165) is 12.8 Å². The number of hydrogen-bond acceptors (Lipinski definition) is 2. The molecule has 1 saturated carbocycles. The van der Waals surface area contributed by atoms with Gasteiger partial charge >= 0.3 is 0 Å². The van der Waals surface area contributed by atoms with Crippen molar-refractivity contribution in [2.24, 2.45) is 11.8 Å². The first-order valence-corrected chi connectivity index (χ1v) is 7.73. The van der Waals surface area contributed by atoms with Crippen LogP contribution < -0.4 is 5.32 Å². The number of thiol groups is 1. The van der Waals surface area contributed by atoms with Gasteiger partial charge in [-0.05, 0) is 42.9 Å². The van der Waals surface area contributed by atoms with Crippen LogP contribution in [-0.2, 0) is 0 Å². The monoisotopic (exact) mass is 295 g/mol. The first kappa shape index (κ1) is 15.4. The molecular formula is C16H22FNOS. The number of hydrogen-bond donors (Lipinski definition) is 2. The Balaban J connectivity index is 2.07. The van der Waals surface area contributed by atoms with Crippen molar-refractivity contribution in [3.63, 3.8) is 0 Å². The van der Waals surface area contributed by atoms with E-state index in [-0.39, 0.29) is 16.8 Å². The third-order valence-electron chi connectivity index (χ3n) is 4.20. The second-order valence-corrected chi connectivity index (χ2v) is 6.42. The van der Waals surface area contributed by atoms with E-state index in [0.29, 0.717) is 17.4 Å². The van der Waals surface area contributed by atoms with Crippen LogP contribution in [0.2, 0.25) is 0 Å². The fourth-order valence-electron chi connectivity index (χ4n) is 3.04. The Morgan fingerprint density at radius 3 is 2.70 bits per heavy atom. The predicted molar refractivity (Wildman–Crippen MR) is 81.7 cm³/mol. The van der Waals surface area contributed by atoms with Crippen LogP contribution in [0.1, 0.15) is 49.9 Å². The van der Waals surface area contributed by atoms with Crippen LogP contribution in [0.15, 0.2) is 23.1 Å². The van der Waals surface area contributed by atoms with Gasteiger partial charge in [-0.3, -0.25) is 4.79 Å². The zero-order chi connectivity index (χ0) is 14.7. The Labute approximate surface area is 125 Å². The van der Waals surface area contributed by atoms with E-state index in [9.17, 15) is 9.18 Å². The van der Waals surface area contributed by atoms with Crippen molar-refractivity contribution < 1.29 is 9.18 Å². The van der Waals surface area contributed by atoms with Crippen LogP contribution >= 0.6 is 12.6 Å². The fourth-order valence-corrected chi connectivity index (χ4v) is 3.26. The average Bonchev–Trinajstić information content (AvgIpc) is 2.42. The van der Waals surface area contributed by atoms with Crippen molar-refractivity contribution in [1.82, 2.24) is 5.32 Å². The van der Waals surface area contributed by atoms with Gasteiger partial charge in [-0.2, -0.15) is 0 Å². The first-order chi connectivity index (χ1) is 9.49. The molecule has 1 aromatic carbocycles. The van der Waals surface area contributed by atoms with Gasteiger partial charge < -0.3 is 5.32 Å². The number of amides is 1. The summed E-state index contributed by atoms with van der Waals surface area (Å²) in [6.45, 7) is 4.41. The Bertz CT molecular complexity index is 489. The molecule has 2 nitrogen and oxygen atoms in total. The number of rotatable bonds is 3. The maximum atomic E-state index is 13.2. The Kier molecular flexibility index (Phi) is 5.08. The fraction of sp³-hybridized carbons (Fsp3) is 0.562. The molecular weight excluding hydrogens is 273 g/mol. The van der Waals surface area contributed by atoms with E-state index < -0.39 is 5.82 Å². The zero-order valence-corrected chi connectivity index (χ0v) is 12.9. The van der Waals surface area contributed by atoms with Gasteiger partial charge in [0.15, 0.2) is 0 Å². The molecule has 2 unspecified atom stereocenters. The molecule has 110 valence electrons. The van der Waals surface area contributed by atoms with Crippen molar-refractivity contribution in [3.8, 4) is 0 Å². The lowest BCUT2D eigenvalue weighted by Crippen LogP contribution is -2.43. The van der Waals surface area contributed by atoms with Crippen LogP contribution in [0.4, 0.5) is 4.39 Å². The second kappa shape index (κ2) is 6.61. The summed E-state index contributed by atoms with van der Waals surface area (Å²) in [6.07, 6.45) is 4.61. The number of carbonyl (C=O) groups excluding carboxylic acids is 1. The second-order valence-electron chi connectivity index (χ2n) is 5.94. The minimum absolute atomic E-state index is 0.127. The molecule has 0 aliphatic heterocycles. The highest BCUT2D eigenvalue weighted by Crippen LogP contribution is 2.30. The molecule has 1 aliphatic rings. The first-order valence-electron chi connectivity index (χ1n) is 7.28. The molecule has 20 heavy (non-hydrogen) atoms. The van der Waals surface area contributed by atoms with Gasteiger partial charge in [-0.1, -0.05) is 26.7 Å². The number of nitrogens with one attached hydrogen (secondary N) is 1. The van der Waals surface area contributed by atoms with Crippen molar-refractivity contribution in [3.05, 3.63) is 29.6 Å². The third-order valence-corrected chi connectivity index (χ3v) is 4.54. The summed E-state index contributed by atoms with van der Waals surface area (Å²) in [4.78, 5) is 12.5. The molecule has 4 heteroatoms. The van der Waals surface area contributed by atoms with Crippen LogP contribution in [0.3, 0.4) is 0 Å². The van der Waals surface area contributed by atoms with Gasteiger partial charge in [0.2, 0.25) is 0 Å². The number of halogens is 1. The van der Waals surface area contributed by atoms with E-state index in [2.05, 4.69) is 31.8 Å². The summed E-state index contributed by atoms with van der Waals surface area (Å²) in [5.41, 5.74) is 0.476. The van der Waals surface area contributed by atoms with Gasteiger partial charge in [-0.15, -0.1) is 12.6 Å². The molecule has 1 aliphatic carbocycles. The summed E-state index contributed by atoms with van der Waals surface area (Å²) < 4.78 is 13.2. The smallest absolute Gasteiger partial charge is 0.251 e. The summed E-state index contributed by atoms with van der Waals surface area (Å²) in [6, 6.07) is 4.51. The standard InChI is InChI=1S/C16H22FNOS/c1-10(2)12-5-3-4-6-14(12)18-16(19)11-7-8-13(17)15(20)9-11/h7-10,12,14,20H,3-6H2,1-2H3,(H,18,19). The van der Waals surface area contributed by atoms with E-state index in [1.165, 1.54) is 31.0 Å². The van der Waals surface area contributed by atoms with Gasteiger partial charge in [0.25, 0.3) is 5.91 Å². The molecule has 0 radical (unpaired) electrons. The van der Waals surface area contributed by atoms with Gasteiger partial charge in [0, 0.05) is 16.5 Å². The maximum absolute atomic E-state index is 13.2. The Morgan fingerprint density at radius 1 is 1.35 bits per heavy atom. The van der Waals surface area contributed by atoms with E-state index in [1.807, 2.05) is 0 Å². The van der Waals surface area contributed by atoms with Gasteiger partial charge in [0.05, 0.1) is 0 Å². The normalized spacial score (nSPS) is 22.9. The zero-order valence-electron chi connectivity index (χ0n) is 12.0. The Morgan fingerprint density at radius 2 is 2.05 bits per heavy atom. The van der Waals surface area contributed by atoms with E-state index >= 15 is 0 Å². The van der Waals surface area contributed by atoms with Gasteiger partial charge in [0.1, 0.15) is 5.82 Å². The number of benzene rings is 1. The molecule has 1 amide bonds. The summed E-state index contributed by atoms with van der Waals surface area (Å²) in [7, 11) is 0. The maximum Gasteiger partial charge on any atom is 0.251 e. The molecule has 1 N–H and O–H groups in total. The quantitative estimate of drug-likeness (QED) is 0.809. The molecule has 1 aromatic rings. The molecule has 0 saturated heterocycles. The molecule has 0 heterocycles. The molecule has 2 atom stereocenters. The van der Waals surface area contributed by atoms with Crippen molar-refractivity contribution >= 4 is 18.5 Å².